The van der Waals surface area contributed by atoms with E-state index in [2.05, 4.69) is 22.0 Å². The number of hydrogen-bond acceptors (Lipinski definition) is 6. The summed E-state index contributed by atoms with van der Waals surface area (Å²) in [5, 5.41) is 7.11. The molecule has 3 heterocycles. The van der Waals surface area contributed by atoms with Crippen molar-refractivity contribution < 1.29 is 9.32 Å². The van der Waals surface area contributed by atoms with Crippen LogP contribution in [0, 0.1) is 13.8 Å². The second kappa shape index (κ2) is 7.44. The molecule has 0 radical (unpaired) electrons. The number of amides is 1. The van der Waals surface area contributed by atoms with E-state index in [0.717, 1.165) is 48.2 Å². The Morgan fingerprint density at radius 3 is 2.67 bits per heavy atom. The standard InChI is InChI=1S/C17H24N4O2S/c1-12-15(14(3)23-19-12)4-5-16(22)21-9-7-20(8-10-21)13(2)17-18-6-11-24-17/h6,11,13H,4-5,7-10H2,1-3H3. The number of rotatable bonds is 5. The van der Waals surface area contributed by atoms with Crippen LogP contribution in [0.1, 0.15) is 41.4 Å². The van der Waals surface area contributed by atoms with Crippen molar-refractivity contribution in [2.24, 2.45) is 0 Å². The zero-order valence-corrected chi connectivity index (χ0v) is 15.3. The minimum absolute atomic E-state index is 0.219. The lowest BCUT2D eigenvalue weighted by Crippen LogP contribution is -2.49. The highest BCUT2D eigenvalue weighted by molar-refractivity contribution is 7.09. The van der Waals surface area contributed by atoms with Crippen LogP contribution in [-0.4, -0.2) is 52.0 Å². The second-order valence-corrected chi connectivity index (χ2v) is 7.19. The minimum atomic E-state index is 0.219. The third-order valence-electron chi connectivity index (χ3n) is 4.79. The SMILES string of the molecule is Cc1noc(C)c1CCC(=O)N1CCN(C(C)c2nccs2)CC1. The maximum absolute atomic E-state index is 12.5. The van der Waals surface area contributed by atoms with Crippen LogP contribution >= 0.6 is 11.3 Å². The number of thiazole rings is 1. The molecule has 130 valence electrons. The molecular formula is C17H24N4O2S. The molecular weight excluding hydrogens is 324 g/mol. The molecule has 1 amide bonds. The molecule has 2 aromatic heterocycles. The van der Waals surface area contributed by atoms with E-state index in [1.165, 1.54) is 0 Å². The zero-order chi connectivity index (χ0) is 17.1. The van der Waals surface area contributed by atoms with Crippen molar-refractivity contribution >= 4 is 17.2 Å². The third-order valence-corrected chi connectivity index (χ3v) is 5.74. The number of carbonyl (C=O) groups is 1. The van der Waals surface area contributed by atoms with Gasteiger partial charge in [0.25, 0.3) is 0 Å². The Labute approximate surface area is 146 Å². The van der Waals surface area contributed by atoms with Gasteiger partial charge in [0.05, 0.1) is 11.7 Å². The Kier molecular flexibility index (Phi) is 5.30. The normalized spacial score (nSPS) is 17.2. The van der Waals surface area contributed by atoms with Gasteiger partial charge in [-0.05, 0) is 27.2 Å². The van der Waals surface area contributed by atoms with Crippen LogP contribution in [0.15, 0.2) is 16.1 Å². The van der Waals surface area contributed by atoms with Crippen LogP contribution in [0.25, 0.3) is 0 Å². The molecule has 0 aliphatic carbocycles. The fraction of sp³-hybridized carbons (Fsp3) is 0.588. The van der Waals surface area contributed by atoms with Gasteiger partial charge in [0.15, 0.2) is 0 Å². The first-order chi connectivity index (χ1) is 11.6. The van der Waals surface area contributed by atoms with Crippen molar-refractivity contribution in [2.75, 3.05) is 26.2 Å². The van der Waals surface area contributed by atoms with Crippen molar-refractivity contribution in [1.82, 2.24) is 19.9 Å². The van der Waals surface area contributed by atoms with Gasteiger partial charge in [-0.1, -0.05) is 5.16 Å². The number of carbonyl (C=O) groups excluding carboxylic acids is 1. The number of aromatic nitrogens is 2. The Morgan fingerprint density at radius 1 is 1.33 bits per heavy atom. The van der Waals surface area contributed by atoms with E-state index in [0.29, 0.717) is 18.9 Å². The highest BCUT2D eigenvalue weighted by Crippen LogP contribution is 2.23. The van der Waals surface area contributed by atoms with E-state index in [1.807, 2.05) is 30.3 Å². The Balaban J connectivity index is 1.48. The number of piperazine rings is 1. The molecule has 6 nitrogen and oxygen atoms in total. The Hall–Kier alpha value is -1.73. The summed E-state index contributed by atoms with van der Waals surface area (Å²) in [5.41, 5.74) is 1.96. The molecule has 3 rings (SSSR count). The maximum Gasteiger partial charge on any atom is 0.222 e. The van der Waals surface area contributed by atoms with Gasteiger partial charge in [0, 0.05) is 49.7 Å². The molecule has 1 saturated heterocycles. The lowest BCUT2D eigenvalue weighted by Gasteiger charge is -2.37. The van der Waals surface area contributed by atoms with Gasteiger partial charge in [-0.25, -0.2) is 4.98 Å². The summed E-state index contributed by atoms with van der Waals surface area (Å²) < 4.78 is 5.16. The monoisotopic (exact) mass is 348 g/mol. The molecule has 1 aliphatic heterocycles. The molecule has 0 saturated carbocycles. The fourth-order valence-electron chi connectivity index (χ4n) is 3.20. The molecule has 0 bridgehead atoms. The average Bonchev–Trinajstić information content (AvgIpc) is 3.23. The van der Waals surface area contributed by atoms with E-state index in [4.69, 9.17) is 4.52 Å². The predicted molar refractivity (Wildman–Crippen MR) is 93.0 cm³/mol. The first kappa shape index (κ1) is 17.1. The summed E-state index contributed by atoms with van der Waals surface area (Å²) in [5.74, 6) is 1.04. The number of aryl methyl sites for hydroxylation is 2. The molecule has 0 spiro atoms. The van der Waals surface area contributed by atoms with Crippen molar-refractivity contribution in [2.45, 2.75) is 39.7 Å². The molecule has 0 aromatic carbocycles. The molecule has 1 atom stereocenters. The second-order valence-electron chi connectivity index (χ2n) is 6.27. The third kappa shape index (κ3) is 3.67. The molecule has 1 aliphatic rings. The minimum Gasteiger partial charge on any atom is -0.361 e. The quantitative estimate of drug-likeness (QED) is 0.831. The maximum atomic E-state index is 12.5. The van der Waals surface area contributed by atoms with Gasteiger partial charge in [-0.3, -0.25) is 9.69 Å². The average molecular weight is 348 g/mol. The molecule has 1 fully saturated rings. The smallest absolute Gasteiger partial charge is 0.222 e. The van der Waals surface area contributed by atoms with Crippen LogP contribution in [0.5, 0.6) is 0 Å². The van der Waals surface area contributed by atoms with E-state index in [1.54, 1.807) is 11.3 Å². The van der Waals surface area contributed by atoms with Gasteiger partial charge in [0.2, 0.25) is 5.91 Å². The summed E-state index contributed by atoms with van der Waals surface area (Å²) >= 11 is 1.69. The van der Waals surface area contributed by atoms with Crippen LogP contribution in [0.3, 0.4) is 0 Å². The van der Waals surface area contributed by atoms with E-state index < -0.39 is 0 Å². The highest BCUT2D eigenvalue weighted by Gasteiger charge is 2.25. The topological polar surface area (TPSA) is 62.5 Å². The molecule has 2 aromatic rings. The highest BCUT2D eigenvalue weighted by atomic mass is 32.1. The summed E-state index contributed by atoms with van der Waals surface area (Å²) in [7, 11) is 0. The molecule has 24 heavy (non-hydrogen) atoms. The number of nitrogens with zero attached hydrogens (tertiary/aromatic N) is 4. The molecule has 1 unspecified atom stereocenters. The van der Waals surface area contributed by atoms with Crippen LogP contribution in [0.4, 0.5) is 0 Å². The molecule has 7 heteroatoms. The van der Waals surface area contributed by atoms with E-state index in [9.17, 15) is 4.79 Å². The number of hydrogen-bond donors (Lipinski definition) is 0. The summed E-state index contributed by atoms with van der Waals surface area (Å²) in [6, 6.07) is 0.324. The van der Waals surface area contributed by atoms with Gasteiger partial charge >= 0.3 is 0 Å². The van der Waals surface area contributed by atoms with Crippen molar-refractivity contribution in [3.63, 3.8) is 0 Å². The predicted octanol–water partition coefficient (Wildman–Crippen LogP) is 2.59. The van der Waals surface area contributed by atoms with Crippen LogP contribution in [-0.2, 0) is 11.2 Å². The lowest BCUT2D eigenvalue weighted by atomic mass is 10.1. The lowest BCUT2D eigenvalue weighted by molar-refractivity contribution is -0.133. The first-order valence-corrected chi connectivity index (χ1v) is 9.27. The largest absolute Gasteiger partial charge is 0.361 e. The van der Waals surface area contributed by atoms with E-state index >= 15 is 0 Å². The van der Waals surface area contributed by atoms with Crippen LogP contribution < -0.4 is 0 Å². The van der Waals surface area contributed by atoms with Gasteiger partial charge in [0.1, 0.15) is 10.8 Å². The van der Waals surface area contributed by atoms with Crippen molar-refractivity contribution in [1.29, 1.82) is 0 Å². The summed E-state index contributed by atoms with van der Waals surface area (Å²) in [4.78, 5) is 21.2. The molecule has 0 N–H and O–H groups in total. The summed E-state index contributed by atoms with van der Waals surface area (Å²) in [6.07, 6.45) is 3.08. The zero-order valence-electron chi connectivity index (χ0n) is 14.5. The van der Waals surface area contributed by atoms with Gasteiger partial charge in [-0.2, -0.15) is 0 Å². The van der Waals surface area contributed by atoms with Crippen molar-refractivity contribution in [3.05, 3.63) is 33.6 Å². The van der Waals surface area contributed by atoms with Crippen molar-refractivity contribution in [3.8, 4) is 0 Å². The Morgan fingerprint density at radius 2 is 2.08 bits per heavy atom. The van der Waals surface area contributed by atoms with Gasteiger partial charge < -0.3 is 9.42 Å². The van der Waals surface area contributed by atoms with Crippen LogP contribution in [0.2, 0.25) is 0 Å². The van der Waals surface area contributed by atoms with E-state index in [-0.39, 0.29) is 5.91 Å². The Bertz CT molecular complexity index is 655. The fourth-order valence-corrected chi connectivity index (χ4v) is 3.93. The summed E-state index contributed by atoms with van der Waals surface area (Å²) in [6.45, 7) is 9.39. The first-order valence-electron chi connectivity index (χ1n) is 8.39. The van der Waals surface area contributed by atoms with Gasteiger partial charge in [-0.15, -0.1) is 11.3 Å².